The summed E-state index contributed by atoms with van der Waals surface area (Å²) in [5.74, 6) is 3.92. The van der Waals surface area contributed by atoms with E-state index in [4.69, 9.17) is 34.3 Å². The zero-order valence-electron chi connectivity index (χ0n) is 57.0. The molecule has 7 nitrogen and oxygen atoms in total. The highest BCUT2D eigenvalue weighted by molar-refractivity contribution is 7.27. The average Bonchev–Trinajstić information content (AvgIpc) is 1.65. The topological polar surface area (TPSA) is 90.5 Å². The first-order chi connectivity index (χ1) is 52.6. The molecule has 8 heteroatoms. The van der Waals surface area contributed by atoms with Crippen molar-refractivity contribution in [1.29, 1.82) is 0 Å². The van der Waals surface area contributed by atoms with Crippen LogP contribution in [0.2, 0.25) is 0 Å². The lowest BCUT2D eigenvalue weighted by Gasteiger charge is -2.14. The zero-order valence-corrected chi connectivity index (χ0v) is 57.8. The van der Waals surface area contributed by atoms with Gasteiger partial charge >= 0.3 is 0 Å². The van der Waals surface area contributed by atoms with Gasteiger partial charge in [0.1, 0.15) is 11.2 Å². The molecule has 0 N–H and O–H groups in total. The molecule has 4 heterocycles. The molecule has 492 valence electrons. The van der Waals surface area contributed by atoms with Crippen molar-refractivity contribution in [2.45, 2.75) is 0 Å². The first kappa shape index (κ1) is 60.8. The molecule has 0 aliphatic heterocycles. The van der Waals surface area contributed by atoms with E-state index in [2.05, 4.69) is 224 Å². The third-order valence-electron chi connectivity index (χ3n) is 21.0. The Morgan fingerprint density at radius 2 is 0.538 bits per heavy atom. The van der Waals surface area contributed by atoms with E-state index in [-0.39, 0.29) is 0 Å². The van der Waals surface area contributed by atoms with Gasteiger partial charge in [0.25, 0.3) is 0 Å². The summed E-state index contributed by atoms with van der Waals surface area (Å²) in [5, 5.41) is 24.5. The number of para-hydroxylation sites is 1. The van der Waals surface area contributed by atoms with Gasteiger partial charge in [-0.15, -0.1) is 11.3 Å². The minimum atomic E-state index is 0.649. The lowest BCUT2D eigenvalue weighted by atomic mass is 9.90. The lowest BCUT2D eigenvalue weighted by molar-refractivity contribution is 0.673. The molecule has 0 bridgehead atoms. The highest BCUT2D eigenvalue weighted by Gasteiger charge is 2.23. The third kappa shape index (κ3) is 10.1. The average molecular weight is 1370 g/mol. The minimum absolute atomic E-state index is 0.649. The molecule has 0 atom stereocenters. The third-order valence-corrected chi connectivity index (χ3v) is 22.2. The van der Waals surface area contributed by atoms with Gasteiger partial charge in [-0.05, 0) is 134 Å². The van der Waals surface area contributed by atoms with Crippen molar-refractivity contribution >= 4 is 140 Å². The molecule has 106 heavy (non-hydrogen) atoms. The Kier molecular flexibility index (Phi) is 14.3. The summed E-state index contributed by atoms with van der Waals surface area (Å²) >= 11 is 1.90. The Balaban J connectivity index is 0.000000136. The number of rotatable bonds is 8. The maximum atomic E-state index is 6.49. The monoisotopic (exact) mass is 1370 g/mol. The maximum absolute atomic E-state index is 6.49. The van der Waals surface area contributed by atoms with E-state index >= 15 is 0 Å². The largest absolute Gasteiger partial charge is 0.455 e. The van der Waals surface area contributed by atoms with Gasteiger partial charge in [0.2, 0.25) is 0 Å². The van der Waals surface area contributed by atoms with Crippen LogP contribution in [0.15, 0.2) is 356 Å². The van der Waals surface area contributed by atoms with E-state index in [0.717, 1.165) is 88.0 Å². The highest BCUT2D eigenvalue weighted by Crippen LogP contribution is 2.49. The standard InChI is InChI=1S/C49H29N3O.C49H29N3S/c2*1-3-13-30(14-4-1)47-50-48(31-15-5-2-6-16-31)52-49(51-47)40-28-27-34(36-17-7-8-18-37(36)40)32-23-25-35-33(29-32)24-26-42-44(35)38-19-9-10-20-39(38)46-45(42)41-21-11-12-22-43(41)53-46/h2*1-29H. The number of nitrogens with zero attached hydrogens (tertiary/aromatic N) is 6. The molecule has 0 aliphatic rings. The second-order valence-corrected chi connectivity index (χ2v) is 28.1. The zero-order chi connectivity index (χ0) is 69.8. The van der Waals surface area contributed by atoms with E-state index < -0.39 is 0 Å². The van der Waals surface area contributed by atoms with Crippen LogP contribution in [0.4, 0.5) is 0 Å². The fourth-order valence-electron chi connectivity index (χ4n) is 16.1. The number of aromatic nitrogens is 6. The van der Waals surface area contributed by atoms with Crippen molar-refractivity contribution in [3.63, 3.8) is 0 Å². The van der Waals surface area contributed by atoms with E-state index in [1.165, 1.54) is 95.9 Å². The number of benzene rings is 18. The fourth-order valence-corrected chi connectivity index (χ4v) is 17.4. The normalized spacial score (nSPS) is 11.8. The van der Waals surface area contributed by atoms with Crippen LogP contribution in [0.1, 0.15) is 0 Å². The minimum Gasteiger partial charge on any atom is -0.455 e. The summed E-state index contributed by atoms with van der Waals surface area (Å²) in [7, 11) is 0. The number of thiophene rings is 1. The molecule has 0 radical (unpaired) electrons. The predicted molar refractivity (Wildman–Crippen MR) is 443 cm³/mol. The molecule has 0 amide bonds. The van der Waals surface area contributed by atoms with Crippen LogP contribution in [0, 0.1) is 0 Å². The van der Waals surface area contributed by atoms with Crippen LogP contribution < -0.4 is 0 Å². The van der Waals surface area contributed by atoms with Crippen LogP contribution in [0.25, 0.3) is 219 Å². The van der Waals surface area contributed by atoms with Gasteiger partial charge in [-0.3, -0.25) is 0 Å². The molecule has 0 saturated heterocycles. The summed E-state index contributed by atoms with van der Waals surface area (Å²) in [5.41, 5.74) is 12.3. The number of furan rings is 1. The van der Waals surface area contributed by atoms with E-state index in [0.29, 0.717) is 34.9 Å². The van der Waals surface area contributed by atoms with Gasteiger partial charge in [-0.1, -0.05) is 315 Å². The fraction of sp³-hybridized carbons (Fsp3) is 0. The molecule has 0 spiro atoms. The summed E-state index contributed by atoms with van der Waals surface area (Å²) in [6.45, 7) is 0. The summed E-state index contributed by atoms with van der Waals surface area (Å²) in [6.07, 6.45) is 0. The van der Waals surface area contributed by atoms with Gasteiger partial charge in [0.05, 0.1) is 0 Å². The van der Waals surface area contributed by atoms with Crippen LogP contribution >= 0.6 is 11.3 Å². The van der Waals surface area contributed by atoms with Gasteiger partial charge < -0.3 is 4.42 Å². The van der Waals surface area contributed by atoms with Crippen molar-refractivity contribution < 1.29 is 4.42 Å². The van der Waals surface area contributed by atoms with E-state index in [1.807, 2.05) is 139 Å². The molecule has 0 saturated carbocycles. The Morgan fingerprint density at radius 1 is 0.198 bits per heavy atom. The number of hydrogen-bond acceptors (Lipinski definition) is 8. The smallest absolute Gasteiger partial charge is 0.164 e. The summed E-state index contributed by atoms with van der Waals surface area (Å²) in [6, 6.07) is 124. The van der Waals surface area contributed by atoms with Crippen molar-refractivity contribution in [2.24, 2.45) is 0 Å². The van der Waals surface area contributed by atoms with Gasteiger partial charge in [-0.25, -0.2) is 29.9 Å². The Labute approximate surface area is 612 Å². The van der Waals surface area contributed by atoms with Crippen LogP contribution in [-0.2, 0) is 0 Å². The first-order valence-electron chi connectivity index (χ1n) is 35.7. The van der Waals surface area contributed by atoms with Gasteiger partial charge in [-0.2, -0.15) is 0 Å². The molecule has 0 aliphatic carbocycles. The molecule has 22 rings (SSSR count). The molecular weight excluding hydrogens is 1310 g/mol. The molecule has 0 unspecified atom stereocenters. The molecule has 22 aromatic rings. The van der Waals surface area contributed by atoms with Crippen molar-refractivity contribution in [2.75, 3.05) is 0 Å². The van der Waals surface area contributed by atoms with Crippen LogP contribution in [-0.4, -0.2) is 29.9 Å². The second kappa shape index (κ2) is 25.0. The van der Waals surface area contributed by atoms with Gasteiger partial charge in [0, 0.05) is 75.1 Å². The maximum Gasteiger partial charge on any atom is 0.164 e. The number of fused-ring (bicyclic) bond motifs is 22. The molecule has 4 aromatic heterocycles. The van der Waals surface area contributed by atoms with Crippen LogP contribution in [0.3, 0.4) is 0 Å². The van der Waals surface area contributed by atoms with Crippen molar-refractivity contribution in [3.05, 3.63) is 352 Å². The van der Waals surface area contributed by atoms with Crippen LogP contribution in [0.5, 0.6) is 0 Å². The molecule has 0 fully saturated rings. The van der Waals surface area contributed by atoms with Crippen molar-refractivity contribution in [1.82, 2.24) is 29.9 Å². The Bertz CT molecular complexity index is 6770. The van der Waals surface area contributed by atoms with E-state index in [1.54, 1.807) is 0 Å². The molecule has 18 aromatic carbocycles. The summed E-state index contributed by atoms with van der Waals surface area (Å²) in [4.78, 5) is 30.1. The second-order valence-electron chi connectivity index (χ2n) is 27.0. The molecular formula is C98H58N6OS. The highest BCUT2D eigenvalue weighted by atomic mass is 32.1. The number of hydrogen-bond donors (Lipinski definition) is 0. The quantitative estimate of drug-likeness (QED) is 0.140. The Hall–Kier alpha value is -13.9. The van der Waals surface area contributed by atoms with E-state index in [9.17, 15) is 0 Å². The SMILES string of the molecule is c1ccc(-c2nc(-c3ccccc3)nc(-c3ccc(-c4ccc5c(ccc6c5c5ccccc5c5oc7ccccc7c65)c4)c4ccccc34)n2)cc1.c1ccc(-c2nc(-c3ccccc3)nc(-c3ccc(-c4ccc5c(ccc6c5c5ccccc5c5sc7ccccc7c65)c4)c4ccccc34)n2)cc1. The Morgan fingerprint density at radius 3 is 1.01 bits per heavy atom. The van der Waals surface area contributed by atoms with Crippen molar-refractivity contribution in [3.8, 4) is 90.6 Å². The summed E-state index contributed by atoms with van der Waals surface area (Å²) < 4.78 is 9.18. The predicted octanol–water partition coefficient (Wildman–Crippen LogP) is 26.6. The first-order valence-corrected chi connectivity index (χ1v) is 36.5. The van der Waals surface area contributed by atoms with Gasteiger partial charge in [0.15, 0.2) is 34.9 Å². The lowest BCUT2D eigenvalue weighted by Crippen LogP contribution is -2.00.